The molecule has 0 bridgehead atoms. The number of nitrogens with zero attached hydrogens (tertiary/aromatic N) is 1. The van der Waals surface area contributed by atoms with Crippen LogP contribution in [0.15, 0.2) is 70.2 Å². The molecule has 0 saturated carbocycles. The van der Waals surface area contributed by atoms with E-state index in [0.717, 1.165) is 5.56 Å². The van der Waals surface area contributed by atoms with E-state index in [1.807, 2.05) is 18.2 Å². The first-order valence-electron chi connectivity index (χ1n) is 9.26. The van der Waals surface area contributed by atoms with Crippen LogP contribution >= 0.6 is 27.5 Å². The molecule has 0 aliphatic carbocycles. The fourth-order valence-electron chi connectivity index (χ4n) is 2.73. The van der Waals surface area contributed by atoms with Crippen LogP contribution in [0.3, 0.4) is 0 Å². The first kappa shape index (κ1) is 22.8. The van der Waals surface area contributed by atoms with Crippen molar-refractivity contribution in [2.75, 3.05) is 7.11 Å². The number of benzene rings is 3. The van der Waals surface area contributed by atoms with Gasteiger partial charge in [0.15, 0.2) is 11.5 Å². The third kappa shape index (κ3) is 6.54. The van der Waals surface area contributed by atoms with Crippen molar-refractivity contribution < 1.29 is 18.7 Å². The number of rotatable bonds is 8. The van der Waals surface area contributed by atoms with E-state index in [1.54, 1.807) is 30.3 Å². The Labute approximate surface area is 193 Å². The number of nitrogens with one attached hydrogen (secondary N) is 1. The van der Waals surface area contributed by atoms with Gasteiger partial charge in [0.1, 0.15) is 12.4 Å². The lowest BCUT2D eigenvalue weighted by atomic mass is 10.1. The Morgan fingerprint density at radius 3 is 2.65 bits per heavy atom. The number of hydrogen-bond donors (Lipinski definition) is 1. The van der Waals surface area contributed by atoms with E-state index in [2.05, 4.69) is 26.5 Å². The van der Waals surface area contributed by atoms with Crippen LogP contribution < -0.4 is 14.9 Å². The van der Waals surface area contributed by atoms with Crippen molar-refractivity contribution in [1.29, 1.82) is 0 Å². The second kappa shape index (κ2) is 10.9. The van der Waals surface area contributed by atoms with E-state index >= 15 is 0 Å². The van der Waals surface area contributed by atoms with Crippen LogP contribution in [-0.2, 0) is 17.8 Å². The van der Waals surface area contributed by atoms with Crippen LogP contribution in [0.5, 0.6) is 11.5 Å². The SMILES string of the molecule is COc1cc(/C=N\NC(=O)Cc2ccc(F)cc2)cc(Br)c1OCc1ccccc1Cl. The molecule has 31 heavy (non-hydrogen) atoms. The number of halogens is 3. The van der Waals surface area contributed by atoms with Crippen LogP contribution in [0.1, 0.15) is 16.7 Å². The van der Waals surface area contributed by atoms with Crippen molar-refractivity contribution in [3.05, 3.63) is 92.7 Å². The van der Waals surface area contributed by atoms with Crippen molar-refractivity contribution in [1.82, 2.24) is 5.43 Å². The average Bonchev–Trinajstić information content (AvgIpc) is 2.75. The van der Waals surface area contributed by atoms with Gasteiger partial charge >= 0.3 is 0 Å². The molecule has 160 valence electrons. The Morgan fingerprint density at radius 2 is 1.94 bits per heavy atom. The van der Waals surface area contributed by atoms with Crippen molar-refractivity contribution in [3.63, 3.8) is 0 Å². The molecule has 0 atom stereocenters. The Balaban J connectivity index is 1.64. The largest absolute Gasteiger partial charge is 0.493 e. The summed E-state index contributed by atoms with van der Waals surface area (Å²) in [5.74, 6) is 0.370. The molecule has 0 unspecified atom stereocenters. The van der Waals surface area contributed by atoms with Gasteiger partial charge in [0, 0.05) is 10.6 Å². The molecule has 0 spiro atoms. The highest BCUT2D eigenvalue weighted by molar-refractivity contribution is 9.10. The molecule has 0 aliphatic heterocycles. The highest BCUT2D eigenvalue weighted by Crippen LogP contribution is 2.37. The van der Waals surface area contributed by atoms with Crippen molar-refractivity contribution in [3.8, 4) is 11.5 Å². The quantitative estimate of drug-likeness (QED) is 0.324. The van der Waals surface area contributed by atoms with Gasteiger partial charge < -0.3 is 9.47 Å². The zero-order valence-electron chi connectivity index (χ0n) is 16.6. The van der Waals surface area contributed by atoms with Gasteiger partial charge in [-0.25, -0.2) is 9.82 Å². The molecule has 0 radical (unpaired) electrons. The molecule has 8 heteroatoms. The minimum Gasteiger partial charge on any atom is -0.493 e. The second-order valence-corrected chi connectivity index (χ2v) is 7.77. The second-order valence-electron chi connectivity index (χ2n) is 6.51. The molecule has 3 aromatic rings. The average molecular weight is 506 g/mol. The standard InChI is InChI=1S/C23H19BrClFN2O3/c1-30-21-11-16(13-27-28-22(29)12-15-6-8-18(26)9-7-15)10-19(24)23(21)31-14-17-4-2-3-5-20(17)25/h2-11,13H,12,14H2,1H3,(H,28,29)/b27-13-. The molecule has 0 aliphatic rings. The lowest BCUT2D eigenvalue weighted by molar-refractivity contribution is -0.120. The summed E-state index contributed by atoms with van der Waals surface area (Å²) < 4.78 is 24.9. The fourth-order valence-corrected chi connectivity index (χ4v) is 3.49. The number of ether oxygens (including phenoxy) is 2. The summed E-state index contributed by atoms with van der Waals surface area (Å²) in [5, 5.41) is 4.60. The van der Waals surface area contributed by atoms with Gasteiger partial charge in [-0.15, -0.1) is 0 Å². The van der Waals surface area contributed by atoms with E-state index < -0.39 is 0 Å². The molecule has 0 saturated heterocycles. The smallest absolute Gasteiger partial charge is 0.244 e. The number of carbonyl (C=O) groups is 1. The zero-order chi connectivity index (χ0) is 22.2. The van der Waals surface area contributed by atoms with E-state index in [1.165, 1.54) is 25.5 Å². The van der Waals surface area contributed by atoms with E-state index in [4.69, 9.17) is 21.1 Å². The van der Waals surface area contributed by atoms with Crippen LogP contribution in [0.25, 0.3) is 0 Å². The summed E-state index contributed by atoms with van der Waals surface area (Å²) in [7, 11) is 1.54. The Kier molecular flexibility index (Phi) is 8.03. The van der Waals surface area contributed by atoms with Gasteiger partial charge in [0.05, 0.1) is 24.2 Å². The van der Waals surface area contributed by atoms with Gasteiger partial charge in [-0.1, -0.05) is 41.9 Å². The summed E-state index contributed by atoms with van der Waals surface area (Å²) in [6.07, 6.45) is 1.59. The van der Waals surface area contributed by atoms with Crippen LogP contribution in [0.4, 0.5) is 4.39 Å². The van der Waals surface area contributed by atoms with Crippen LogP contribution in [0, 0.1) is 5.82 Å². The van der Waals surface area contributed by atoms with Crippen molar-refractivity contribution >= 4 is 39.7 Å². The molecule has 0 heterocycles. The molecular formula is C23H19BrClFN2O3. The Bertz CT molecular complexity index is 1090. The van der Waals surface area contributed by atoms with Gasteiger partial charge in [0.2, 0.25) is 5.91 Å². The van der Waals surface area contributed by atoms with Crippen molar-refractivity contribution in [2.24, 2.45) is 5.10 Å². The lowest BCUT2D eigenvalue weighted by Gasteiger charge is -2.14. The van der Waals surface area contributed by atoms with Gasteiger partial charge in [-0.05, 0) is 57.4 Å². The van der Waals surface area contributed by atoms with Gasteiger partial charge in [-0.2, -0.15) is 5.10 Å². The Morgan fingerprint density at radius 1 is 1.19 bits per heavy atom. The summed E-state index contributed by atoms with van der Waals surface area (Å²) in [4.78, 5) is 12.0. The first-order chi connectivity index (χ1) is 15.0. The summed E-state index contributed by atoms with van der Waals surface area (Å²) in [5.41, 5.74) is 4.69. The van der Waals surface area contributed by atoms with E-state index in [0.29, 0.717) is 32.1 Å². The van der Waals surface area contributed by atoms with Gasteiger partial charge in [-0.3, -0.25) is 4.79 Å². The number of carbonyl (C=O) groups excluding carboxylic acids is 1. The lowest BCUT2D eigenvalue weighted by Crippen LogP contribution is -2.19. The first-order valence-corrected chi connectivity index (χ1v) is 10.4. The number of methoxy groups -OCH3 is 1. The van der Waals surface area contributed by atoms with Crippen LogP contribution in [0.2, 0.25) is 5.02 Å². The third-order valence-corrected chi connectivity index (χ3v) is 5.22. The molecule has 3 rings (SSSR count). The predicted molar refractivity (Wildman–Crippen MR) is 122 cm³/mol. The summed E-state index contributed by atoms with van der Waals surface area (Å²) >= 11 is 9.66. The topological polar surface area (TPSA) is 59.9 Å². The number of hydrazone groups is 1. The highest BCUT2D eigenvalue weighted by Gasteiger charge is 2.12. The van der Waals surface area contributed by atoms with Crippen LogP contribution in [-0.4, -0.2) is 19.2 Å². The van der Waals surface area contributed by atoms with E-state index in [9.17, 15) is 9.18 Å². The molecule has 5 nitrogen and oxygen atoms in total. The molecule has 1 amide bonds. The van der Waals surface area contributed by atoms with Crippen molar-refractivity contribution in [2.45, 2.75) is 13.0 Å². The summed E-state index contributed by atoms with van der Waals surface area (Å²) in [6.45, 7) is 0.279. The molecule has 0 aromatic heterocycles. The molecule has 1 N–H and O–H groups in total. The maximum atomic E-state index is 12.9. The maximum Gasteiger partial charge on any atom is 0.244 e. The summed E-state index contributed by atoms with van der Waals surface area (Å²) in [6, 6.07) is 16.7. The van der Waals surface area contributed by atoms with E-state index in [-0.39, 0.29) is 24.8 Å². The minimum atomic E-state index is -0.346. The number of amides is 1. The molecule has 0 fully saturated rings. The fraction of sp³-hybridized carbons (Fsp3) is 0.130. The third-order valence-electron chi connectivity index (χ3n) is 4.26. The Hall–Kier alpha value is -2.90. The zero-order valence-corrected chi connectivity index (χ0v) is 18.9. The molecule has 3 aromatic carbocycles. The minimum absolute atomic E-state index is 0.0967. The maximum absolute atomic E-state index is 12.9. The molecular weight excluding hydrogens is 487 g/mol. The van der Waals surface area contributed by atoms with Gasteiger partial charge in [0.25, 0.3) is 0 Å². The number of hydrogen-bond acceptors (Lipinski definition) is 4. The predicted octanol–water partition coefficient (Wildman–Crippen LogP) is 5.52. The normalized spacial score (nSPS) is 10.8. The highest BCUT2D eigenvalue weighted by atomic mass is 79.9. The monoisotopic (exact) mass is 504 g/mol.